The minimum atomic E-state index is -0.00537. The van der Waals surface area contributed by atoms with Gasteiger partial charge in [-0.25, -0.2) is 0 Å². The van der Waals surface area contributed by atoms with Crippen molar-refractivity contribution in [2.75, 3.05) is 13.1 Å². The zero-order chi connectivity index (χ0) is 13.7. The summed E-state index contributed by atoms with van der Waals surface area (Å²) in [7, 11) is 0. The number of halogens is 1. The molecule has 0 bridgehead atoms. The maximum absolute atomic E-state index is 12.5. The van der Waals surface area contributed by atoms with Crippen molar-refractivity contribution in [2.45, 2.75) is 33.2 Å². The van der Waals surface area contributed by atoms with Gasteiger partial charge in [-0.1, -0.05) is 12.8 Å². The van der Waals surface area contributed by atoms with Gasteiger partial charge in [-0.3, -0.25) is 4.79 Å². The first kappa shape index (κ1) is 14.8. The first-order chi connectivity index (χ1) is 8.51. The van der Waals surface area contributed by atoms with Crippen LogP contribution in [0.3, 0.4) is 0 Å². The smallest absolute Gasteiger partial charge is 0.271 e. The van der Waals surface area contributed by atoms with Gasteiger partial charge in [-0.2, -0.15) is 0 Å². The Bertz CT molecular complexity index is 457. The van der Waals surface area contributed by atoms with Crippen molar-refractivity contribution in [3.63, 3.8) is 0 Å². The highest BCUT2D eigenvalue weighted by Crippen LogP contribution is 2.20. The number of carbonyl (C=O) groups is 1. The highest BCUT2D eigenvalue weighted by atomic mass is 79.9. The van der Waals surface area contributed by atoms with Crippen LogP contribution in [0.1, 0.15) is 43.7 Å². The molecule has 1 aromatic heterocycles. The second-order valence-electron chi connectivity index (χ2n) is 4.48. The van der Waals surface area contributed by atoms with Crippen LogP contribution in [0.25, 0.3) is 0 Å². The topological polar surface area (TPSA) is 25.2 Å². The maximum Gasteiger partial charge on any atom is 0.271 e. The van der Waals surface area contributed by atoms with E-state index in [-0.39, 0.29) is 11.9 Å². The van der Waals surface area contributed by atoms with E-state index in [1.54, 1.807) is 4.90 Å². The summed E-state index contributed by atoms with van der Waals surface area (Å²) in [5.41, 5.74) is 0.681. The molecular weight excluding hydrogens is 292 g/mol. The lowest BCUT2D eigenvalue weighted by molar-refractivity contribution is 0.0764. The van der Waals surface area contributed by atoms with Gasteiger partial charge >= 0.3 is 0 Å². The van der Waals surface area contributed by atoms with Gasteiger partial charge in [-0.05, 0) is 42.3 Å². The van der Waals surface area contributed by atoms with Crippen molar-refractivity contribution in [2.24, 2.45) is 0 Å². The van der Waals surface area contributed by atoms with E-state index in [1.807, 2.05) is 23.8 Å². The van der Waals surface area contributed by atoms with Crippen LogP contribution in [0, 0.1) is 12.3 Å². The van der Waals surface area contributed by atoms with Gasteiger partial charge in [-0.15, -0.1) is 6.42 Å². The van der Waals surface area contributed by atoms with Crippen molar-refractivity contribution in [3.05, 3.63) is 22.4 Å². The molecule has 0 unspecified atom stereocenters. The summed E-state index contributed by atoms with van der Waals surface area (Å²) in [4.78, 5) is 14.2. The summed E-state index contributed by atoms with van der Waals surface area (Å²) >= 11 is 3.41. The van der Waals surface area contributed by atoms with Gasteiger partial charge in [0.2, 0.25) is 0 Å². The minimum Gasteiger partial charge on any atom is -0.340 e. The maximum atomic E-state index is 12.5. The molecule has 3 nitrogen and oxygen atoms in total. The molecule has 1 rings (SSSR count). The molecule has 0 aliphatic heterocycles. The standard InChI is InChI=1S/C14H19BrN2O/c1-5-7-16(8-6-2)14(18)13-9-12(15)10-17(13)11(3)4/h1,9-11H,6-8H2,2-4H3. The van der Waals surface area contributed by atoms with E-state index in [0.717, 1.165) is 10.9 Å². The predicted molar refractivity (Wildman–Crippen MR) is 77.5 cm³/mol. The summed E-state index contributed by atoms with van der Waals surface area (Å²) in [6.07, 6.45) is 8.15. The number of nitrogens with zero attached hydrogens (tertiary/aromatic N) is 2. The third kappa shape index (κ3) is 3.39. The van der Waals surface area contributed by atoms with Gasteiger partial charge in [0.05, 0.1) is 6.54 Å². The Morgan fingerprint density at radius 2 is 2.28 bits per heavy atom. The fourth-order valence-electron chi connectivity index (χ4n) is 1.84. The molecular formula is C14H19BrN2O. The van der Waals surface area contributed by atoms with E-state index in [0.29, 0.717) is 18.8 Å². The molecule has 0 saturated carbocycles. The van der Waals surface area contributed by atoms with Crippen molar-refractivity contribution in [1.82, 2.24) is 9.47 Å². The average Bonchev–Trinajstić information content (AvgIpc) is 2.70. The van der Waals surface area contributed by atoms with Gasteiger partial charge in [0.25, 0.3) is 5.91 Å². The summed E-state index contributed by atoms with van der Waals surface area (Å²) in [5.74, 6) is 2.54. The summed E-state index contributed by atoms with van der Waals surface area (Å²) in [6.45, 7) is 7.18. The molecule has 98 valence electrons. The number of aromatic nitrogens is 1. The van der Waals surface area contributed by atoms with Crippen LogP contribution in [0.5, 0.6) is 0 Å². The normalized spacial score (nSPS) is 10.4. The highest BCUT2D eigenvalue weighted by molar-refractivity contribution is 9.10. The minimum absolute atomic E-state index is 0.00537. The fourth-order valence-corrected chi connectivity index (χ4v) is 2.28. The zero-order valence-electron chi connectivity index (χ0n) is 11.1. The summed E-state index contributed by atoms with van der Waals surface area (Å²) in [5, 5.41) is 0. The van der Waals surface area contributed by atoms with Crippen molar-refractivity contribution in [1.29, 1.82) is 0 Å². The molecule has 4 heteroatoms. The molecule has 0 aliphatic carbocycles. The van der Waals surface area contributed by atoms with Gasteiger partial charge in [0, 0.05) is 23.3 Å². The lowest BCUT2D eigenvalue weighted by Gasteiger charge is -2.21. The van der Waals surface area contributed by atoms with Crippen LogP contribution >= 0.6 is 15.9 Å². The zero-order valence-corrected chi connectivity index (χ0v) is 12.7. The van der Waals surface area contributed by atoms with E-state index in [2.05, 4.69) is 35.7 Å². The molecule has 1 aromatic rings. The monoisotopic (exact) mass is 310 g/mol. The second kappa shape index (κ2) is 6.65. The Kier molecular flexibility index (Phi) is 5.49. The SMILES string of the molecule is C#CCN(CCC)C(=O)c1cc(Br)cn1C(C)C. The van der Waals surface area contributed by atoms with Crippen molar-refractivity contribution >= 4 is 21.8 Å². The highest BCUT2D eigenvalue weighted by Gasteiger charge is 2.19. The number of rotatable bonds is 5. The van der Waals surface area contributed by atoms with E-state index >= 15 is 0 Å². The number of hydrogen-bond acceptors (Lipinski definition) is 1. The van der Waals surface area contributed by atoms with E-state index in [4.69, 9.17) is 6.42 Å². The molecule has 0 fully saturated rings. The molecule has 0 atom stereocenters. The van der Waals surface area contributed by atoms with E-state index in [9.17, 15) is 4.79 Å². The quantitative estimate of drug-likeness (QED) is 0.766. The Morgan fingerprint density at radius 3 is 2.78 bits per heavy atom. The lowest BCUT2D eigenvalue weighted by Crippen LogP contribution is -2.33. The average molecular weight is 311 g/mol. The van der Waals surface area contributed by atoms with Crippen LogP contribution in [0.2, 0.25) is 0 Å². The van der Waals surface area contributed by atoms with Crippen LogP contribution in [-0.4, -0.2) is 28.5 Å². The van der Waals surface area contributed by atoms with Gasteiger partial charge < -0.3 is 9.47 Å². The summed E-state index contributed by atoms with van der Waals surface area (Å²) < 4.78 is 2.88. The van der Waals surface area contributed by atoms with Crippen LogP contribution < -0.4 is 0 Å². The van der Waals surface area contributed by atoms with Crippen LogP contribution in [0.4, 0.5) is 0 Å². The van der Waals surface area contributed by atoms with Gasteiger partial charge in [0.15, 0.2) is 0 Å². The van der Waals surface area contributed by atoms with Crippen molar-refractivity contribution < 1.29 is 4.79 Å². The Morgan fingerprint density at radius 1 is 1.61 bits per heavy atom. The Hall–Kier alpha value is -1.21. The molecule has 1 heterocycles. The second-order valence-corrected chi connectivity index (χ2v) is 5.39. The third-order valence-electron chi connectivity index (χ3n) is 2.65. The first-order valence-electron chi connectivity index (χ1n) is 6.11. The molecule has 1 amide bonds. The molecule has 0 aromatic carbocycles. The fraction of sp³-hybridized carbons (Fsp3) is 0.500. The Balaban J connectivity index is 3.04. The van der Waals surface area contributed by atoms with Crippen LogP contribution in [0.15, 0.2) is 16.7 Å². The van der Waals surface area contributed by atoms with E-state index in [1.165, 1.54) is 0 Å². The third-order valence-corrected chi connectivity index (χ3v) is 3.09. The number of terminal acetylenes is 1. The van der Waals surface area contributed by atoms with Gasteiger partial charge in [0.1, 0.15) is 5.69 Å². The Labute approximate surface area is 117 Å². The predicted octanol–water partition coefficient (Wildman–Crippen LogP) is 3.32. The molecule has 0 radical (unpaired) electrons. The molecule has 0 spiro atoms. The molecule has 0 N–H and O–H groups in total. The first-order valence-corrected chi connectivity index (χ1v) is 6.90. The molecule has 0 saturated heterocycles. The molecule has 0 aliphatic rings. The van der Waals surface area contributed by atoms with Crippen LogP contribution in [-0.2, 0) is 0 Å². The number of amides is 1. The van der Waals surface area contributed by atoms with E-state index < -0.39 is 0 Å². The largest absolute Gasteiger partial charge is 0.340 e. The molecule has 18 heavy (non-hydrogen) atoms. The lowest BCUT2D eigenvalue weighted by atomic mass is 10.3. The number of hydrogen-bond donors (Lipinski definition) is 0. The number of carbonyl (C=O) groups excluding carboxylic acids is 1. The van der Waals surface area contributed by atoms with Crippen molar-refractivity contribution in [3.8, 4) is 12.3 Å². The summed E-state index contributed by atoms with van der Waals surface area (Å²) in [6, 6.07) is 2.09.